The minimum atomic E-state index is 0.633. The number of nitrogens with zero attached hydrogens (tertiary/aromatic N) is 6. The summed E-state index contributed by atoms with van der Waals surface area (Å²) >= 11 is 1.47. The highest BCUT2D eigenvalue weighted by molar-refractivity contribution is 7.19. The molecule has 0 saturated carbocycles. The zero-order valence-corrected chi connectivity index (χ0v) is 15.0. The quantitative estimate of drug-likeness (QED) is 0.559. The van der Waals surface area contributed by atoms with Crippen molar-refractivity contribution in [3.8, 4) is 33.6 Å². The summed E-state index contributed by atoms with van der Waals surface area (Å²) in [4.78, 5) is 0.714. The molecule has 0 N–H and O–H groups in total. The van der Waals surface area contributed by atoms with Gasteiger partial charge in [0.2, 0.25) is 4.96 Å². The average Bonchev–Trinajstić information content (AvgIpc) is 3.27. The van der Waals surface area contributed by atoms with Crippen LogP contribution in [-0.2, 0) is 7.05 Å². The van der Waals surface area contributed by atoms with Crippen LogP contribution in [0.5, 0.6) is 11.5 Å². The van der Waals surface area contributed by atoms with Crippen LogP contribution in [0.2, 0.25) is 0 Å². The molecule has 1 aromatic carbocycles. The Hall–Kier alpha value is -2.94. The summed E-state index contributed by atoms with van der Waals surface area (Å²) < 4.78 is 14.2. The number of fused-ring (bicyclic) bond motifs is 1. The number of ether oxygens (including phenoxy) is 2. The van der Waals surface area contributed by atoms with Crippen LogP contribution in [0.25, 0.3) is 27.1 Å². The maximum Gasteiger partial charge on any atom is 0.235 e. The molecule has 4 rings (SSSR count). The molecule has 0 aliphatic carbocycles. The van der Waals surface area contributed by atoms with Gasteiger partial charge in [-0.2, -0.15) is 14.7 Å². The molecule has 0 amide bonds. The first-order valence-corrected chi connectivity index (χ1v) is 8.37. The second-order valence-electron chi connectivity index (χ2n) is 5.52. The van der Waals surface area contributed by atoms with Gasteiger partial charge in [-0.1, -0.05) is 11.3 Å². The summed E-state index contributed by atoms with van der Waals surface area (Å²) in [6.07, 6.45) is 0. The van der Waals surface area contributed by atoms with Crippen molar-refractivity contribution in [2.45, 2.75) is 6.92 Å². The predicted octanol–water partition coefficient (Wildman–Crippen LogP) is 2.58. The molecule has 0 spiro atoms. The van der Waals surface area contributed by atoms with Crippen molar-refractivity contribution in [3.05, 3.63) is 30.0 Å². The Bertz CT molecular complexity index is 1040. The Morgan fingerprint density at radius 2 is 1.68 bits per heavy atom. The van der Waals surface area contributed by atoms with E-state index in [2.05, 4.69) is 20.4 Å². The molecule has 0 fully saturated rings. The third-order valence-electron chi connectivity index (χ3n) is 3.82. The van der Waals surface area contributed by atoms with Crippen LogP contribution in [-0.4, -0.2) is 43.8 Å². The summed E-state index contributed by atoms with van der Waals surface area (Å²) in [5.74, 6) is 2.00. The van der Waals surface area contributed by atoms with Crippen molar-refractivity contribution in [3.63, 3.8) is 0 Å². The SMILES string of the molecule is COc1cc(OC)cc(-c2nnc3sc(-c4cc(C)nn4C)nn23)c1. The smallest absolute Gasteiger partial charge is 0.235 e. The molecule has 3 aromatic heterocycles. The Labute approximate surface area is 147 Å². The Morgan fingerprint density at radius 3 is 2.28 bits per heavy atom. The Balaban J connectivity index is 1.85. The zero-order chi connectivity index (χ0) is 17.6. The van der Waals surface area contributed by atoms with Gasteiger partial charge in [-0.25, -0.2) is 0 Å². The molecule has 3 heterocycles. The molecule has 25 heavy (non-hydrogen) atoms. The van der Waals surface area contributed by atoms with Gasteiger partial charge in [0.05, 0.1) is 25.6 Å². The monoisotopic (exact) mass is 356 g/mol. The van der Waals surface area contributed by atoms with E-state index in [9.17, 15) is 0 Å². The van der Waals surface area contributed by atoms with Crippen LogP contribution in [0.4, 0.5) is 0 Å². The van der Waals surface area contributed by atoms with Gasteiger partial charge < -0.3 is 9.47 Å². The largest absolute Gasteiger partial charge is 0.497 e. The topological polar surface area (TPSA) is 79.4 Å². The highest BCUT2D eigenvalue weighted by Crippen LogP contribution is 2.31. The van der Waals surface area contributed by atoms with E-state index in [-0.39, 0.29) is 0 Å². The van der Waals surface area contributed by atoms with E-state index in [0.717, 1.165) is 22.0 Å². The van der Waals surface area contributed by atoms with E-state index in [1.165, 1.54) is 11.3 Å². The summed E-state index contributed by atoms with van der Waals surface area (Å²) in [6.45, 7) is 1.96. The zero-order valence-electron chi connectivity index (χ0n) is 14.2. The number of hydrogen-bond donors (Lipinski definition) is 0. The number of aromatic nitrogens is 6. The first-order valence-electron chi connectivity index (χ1n) is 7.55. The van der Waals surface area contributed by atoms with Gasteiger partial charge in [0, 0.05) is 18.7 Å². The normalized spacial score (nSPS) is 11.2. The Kier molecular flexibility index (Phi) is 3.65. The summed E-state index contributed by atoms with van der Waals surface area (Å²) in [6, 6.07) is 7.57. The van der Waals surface area contributed by atoms with Crippen molar-refractivity contribution in [1.82, 2.24) is 29.6 Å². The lowest BCUT2D eigenvalue weighted by atomic mass is 10.2. The molecule has 0 radical (unpaired) electrons. The van der Waals surface area contributed by atoms with Crippen molar-refractivity contribution in [2.75, 3.05) is 14.2 Å². The van der Waals surface area contributed by atoms with Crippen LogP contribution in [0.3, 0.4) is 0 Å². The van der Waals surface area contributed by atoms with E-state index in [1.807, 2.05) is 42.9 Å². The molecular formula is C16H16N6O2S. The van der Waals surface area contributed by atoms with E-state index in [1.54, 1.807) is 18.7 Å². The standard InChI is InChI=1S/C16H16N6O2S/c1-9-5-13(21(2)19-9)15-20-22-14(17-18-16(22)25-15)10-6-11(23-3)8-12(7-10)24-4/h5-8H,1-4H3. The van der Waals surface area contributed by atoms with E-state index in [0.29, 0.717) is 22.3 Å². The maximum atomic E-state index is 5.33. The second kappa shape index (κ2) is 5.85. The second-order valence-corrected chi connectivity index (χ2v) is 6.48. The van der Waals surface area contributed by atoms with Crippen LogP contribution in [0.15, 0.2) is 24.3 Å². The minimum Gasteiger partial charge on any atom is -0.497 e. The van der Waals surface area contributed by atoms with Crippen molar-refractivity contribution in [1.29, 1.82) is 0 Å². The van der Waals surface area contributed by atoms with E-state index < -0.39 is 0 Å². The molecule has 9 heteroatoms. The highest BCUT2D eigenvalue weighted by Gasteiger charge is 2.17. The molecule has 0 unspecified atom stereocenters. The molecule has 128 valence electrons. The number of methoxy groups -OCH3 is 2. The van der Waals surface area contributed by atoms with Crippen molar-refractivity contribution >= 4 is 16.3 Å². The molecule has 0 saturated heterocycles. The third-order valence-corrected chi connectivity index (χ3v) is 4.74. The molecule has 4 aromatic rings. The third kappa shape index (κ3) is 2.62. The van der Waals surface area contributed by atoms with Crippen LogP contribution in [0, 0.1) is 6.92 Å². The fourth-order valence-electron chi connectivity index (χ4n) is 2.65. The summed E-state index contributed by atoms with van der Waals surface area (Å²) in [5, 5.41) is 18.4. The maximum absolute atomic E-state index is 5.33. The molecule has 8 nitrogen and oxygen atoms in total. The summed E-state index contributed by atoms with van der Waals surface area (Å²) in [5.41, 5.74) is 2.71. The number of hydrogen-bond acceptors (Lipinski definition) is 7. The number of aryl methyl sites for hydroxylation is 2. The van der Waals surface area contributed by atoms with Gasteiger partial charge in [-0.15, -0.1) is 10.2 Å². The average molecular weight is 356 g/mol. The van der Waals surface area contributed by atoms with Gasteiger partial charge in [-0.05, 0) is 25.1 Å². The van der Waals surface area contributed by atoms with Crippen molar-refractivity contribution < 1.29 is 9.47 Å². The van der Waals surface area contributed by atoms with Gasteiger partial charge in [0.25, 0.3) is 0 Å². The number of rotatable bonds is 4. The lowest BCUT2D eigenvalue weighted by Crippen LogP contribution is -1.96. The van der Waals surface area contributed by atoms with E-state index in [4.69, 9.17) is 9.47 Å². The van der Waals surface area contributed by atoms with Crippen LogP contribution < -0.4 is 9.47 Å². The fourth-order valence-corrected chi connectivity index (χ4v) is 3.53. The highest BCUT2D eigenvalue weighted by atomic mass is 32.1. The van der Waals surface area contributed by atoms with Crippen LogP contribution >= 0.6 is 11.3 Å². The molecule has 0 bridgehead atoms. The van der Waals surface area contributed by atoms with Crippen LogP contribution in [0.1, 0.15) is 5.69 Å². The predicted molar refractivity (Wildman–Crippen MR) is 94.1 cm³/mol. The minimum absolute atomic E-state index is 0.633. The van der Waals surface area contributed by atoms with Crippen molar-refractivity contribution in [2.24, 2.45) is 7.05 Å². The fraction of sp³-hybridized carbons (Fsp3) is 0.250. The van der Waals surface area contributed by atoms with E-state index >= 15 is 0 Å². The molecule has 0 atom stereocenters. The first-order chi connectivity index (χ1) is 12.1. The Morgan fingerprint density at radius 1 is 0.960 bits per heavy atom. The first kappa shape index (κ1) is 15.6. The molecule has 0 aliphatic rings. The number of benzene rings is 1. The van der Waals surface area contributed by atoms with Gasteiger partial charge in [0.1, 0.15) is 11.5 Å². The van der Waals surface area contributed by atoms with Gasteiger partial charge in [-0.3, -0.25) is 4.68 Å². The molecular weight excluding hydrogens is 340 g/mol. The van der Waals surface area contributed by atoms with Gasteiger partial charge >= 0.3 is 0 Å². The summed E-state index contributed by atoms with van der Waals surface area (Å²) in [7, 11) is 5.13. The lowest BCUT2D eigenvalue weighted by Gasteiger charge is -2.06. The lowest BCUT2D eigenvalue weighted by molar-refractivity contribution is 0.394. The molecule has 0 aliphatic heterocycles. The van der Waals surface area contributed by atoms with Gasteiger partial charge in [0.15, 0.2) is 10.8 Å².